The SMILES string of the molecule is CC#CCNC(=O)c1cc(Cl)ncc1Cl. The summed E-state index contributed by atoms with van der Waals surface area (Å²) in [5.74, 6) is 5.06. The van der Waals surface area contributed by atoms with E-state index in [4.69, 9.17) is 23.2 Å². The number of rotatable bonds is 2. The summed E-state index contributed by atoms with van der Waals surface area (Å²) in [4.78, 5) is 15.3. The van der Waals surface area contributed by atoms with Gasteiger partial charge in [-0.2, -0.15) is 0 Å². The zero-order chi connectivity index (χ0) is 11.3. The average Bonchev–Trinajstić information content (AvgIpc) is 2.22. The lowest BCUT2D eigenvalue weighted by molar-refractivity contribution is 0.0959. The highest BCUT2D eigenvalue weighted by Crippen LogP contribution is 2.17. The van der Waals surface area contributed by atoms with Gasteiger partial charge in [0.25, 0.3) is 5.91 Å². The summed E-state index contributed by atoms with van der Waals surface area (Å²) in [6.07, 6.45) is 1.34. The fourth-order valence-corrected chi connectivity index (χ4v) is 1.24. The second-order valence-corrected chi connectivity index (χ2v) is 3.39. The molecule has 0 saturated carbocycles. The zero-order valence-corrected chi connectivity index (χ0v) is 9.49. The van der Waals surface area contributed by atoms with Crippen LogP contribution in [0.15, 0.2) is 12.3 Å². The number of hydrogen-bond donors (Lipinski definition) is 1. The van der Waals surface area contributed by atoms with Crippen LogP contribution in [0, 0.1) is 11.8 Å². The van der Waals surface area contributed by atoms with Gasteiger partial charge in [0.05, 0.1) is 17.1 Å². The number of halogens is 2. The van der Waals surface area contributed by atoms with Gasteiger partial charge in [0.1, 0.15) is 5.15 Å². The first-order chi connectivity index (χ1) is 7.15. The molecule has 1 rings (SSSR count). The van der Waals surface area contributed by atoms with E-state index in [-0.39, 0.29) is 22.6 Å². The molecule has 0 unspecified atom stereocenters. The smallest absolute Gasteiger partial charge is 0.253 e. The maximum absolute atomic E-state index is 11.5. The third-order valence-corrected chi connectivity index (χ3v) is 2.09. The highest BCUT2D eigenvalue weighted by atomic mass is 35.5. The van der Waals surface area contributed by atoms with E-state index in [9.17, 15) is 4.79 Å². The Morgan fingerprint density at radius 1 is 1.60 bits per heavy atom. The van der Waals surface area contributed by atoms with Crippen molar-refractivity contribution in [2.24, 2.45) is 0 Å². The Bertz CT molecular complexity index is 435. The molecule has 0 spiro atoms. The van der Waals surface area contributed by atoms with E-state index >= 15 is 0 Å². The van der Waals surface area contributed by atoms with E-state index in [0.717, 1.165) is 0 Å². The molecule has 1 N–H and O–H groups in total. The second-order valence-electron chi connectivity index (χ2n) is 2.60. The van der Waals surface area contributed by atoms with Crippen LogP contribution in [-0.4, -0.2) is 17.4 Å². The number of carbonyl (C=O) groups excluding carboxylic acids is 1. The maximum atomic E-state index is 11.5. The number of hydrogen-bond acceptors (Lipinski definition) is 2. The Morgan fingerprint density at radius 2 is 2.33 bits per heavy atom. The van der Waals surface area contributed by atoms with Gasteiger partial charge in [0, 0.05) is 6.20 Å². The van der Waals surface area contributed by atoms with Crippen LogP contribution in [0.4, 0.5) is 0 Å². The molecule has 0 fully saturated rings. The van der Waals surface area contributed by atoms with Gasteiger partial charge < -0.3 is 5.32 Å². The molecule has 5 heteroatoms. The van der Waals surface area contributed by atoms with Crippen molar-refractivity contribution in [3.63, 3.8) is 0 Å². The molecule has 15 heavy (non-hydrogen) atoms. The van der Waals surface area contributed by atoms with Crippen molar-refractivity contribution >= 4 is 29.1 Å². The van der Waals surface area contributed by atoms with E-state index < -0.39 is 0 Å². The van der Waals surface area contributed by atoms with Gasteiger partial charge in [-0.15, -0.1) is 5.92 Å². The summed E-state index contributed by atoms with van der Waals surface area (Å²) in [6.45, 7) is 1.98. The molecule has 0 aliphatic rings. The Balaban J connectivity index is 2.80. The van der Waals surface area contributed by atoms with Crippen molar-refractivity contribution in [2.75, 3.05) is 6.54 Å². The topological polar surface area (TPSA) is 42.0 Å². The first-order valence-electron chi connectivity index (χ1n) is 4.14. The van der Waals surface area contributed by atoms with Gasteiger partial charge in [-0.25, -0.2) is 4.98 Å². The second kappa shape index (κ2) is 5.59. The predicted octanol–water partition coefficient (Wildman–Crippen LogP) is 2.14. The predicted molar refractivity (Wildman–Crippen MR) is 60.0 cm³/mol. The molecule has 0 atom stereocenters. The number of nitrogens with zero attached hydrogens (tertiary/aromatic N) is 1. The van der Waals surface area contributed by atoms with E-state index in [1.54, 1.807) is 6.92 Å². The van der Waals surface area contributed by atoms with Crippen molar-refractivity contribution in [1.82, 2.24) is 10.3 Å². The minimum atomic E-state index is -0.313. The van der Waals surface area contributed by atoms with Gasteiger partial charge >= 0.3 is 0 Å². The van der Waals surface area contributed by atoms with Crippen molar-refractivity contribution in [3.05, 3.63) is 28.0 Å². The highest BCUT2D eigenvalue weighted by molar-refractivity contribution is 6.35. The van der Waals surface area contributed by atoms with Crippen LogP contribution >= 0.6 is 23.2 Å². The minimum Gasteiger partial charge on any atom is -0.341 e. The van der Waals surface area contributed by atoms with Crippen LogP contribution in [0.2, 0.25) is 10.2 Å². The molecule has 0 saturated heterocycles. The lowest BCUT2D eigenvalue weighted by Crippen LogP contribution is -2.23. The first kappa shape index (κ1) is 11.8. The summed E-state index contributed by atoms with van der Waals surface area (Å²) in [6, 6.07) is 1.42. The molecule has 0 radical (unpaired) electrons. The standard InChI is InChI=1S/C10H8Cl2N2O/c1-2-3-4-13-10(15)7-5-9(12)14-6-8(7)11/h5-6H,4H2,1H3,(H,13,15). The van der Waals surface area contributed by atoms with Crippen molar-refractivity contribution < 1.29 is 4.79 Å². The average molecular weight is 243 g/mol. The number of amides is 1. The number of nitrogens with one attached hydrogen (secondary N) is 1. The van der Waals surface area contributed by atoms with Crippen LogP contribution in [-0.2, 0) is 0 Å². The molecule has 1 aromatic rings. The van der Waals surface area contributed by atoms with Crippen LogP contribution < -0.4 is 5.32 Å². The fourth-order valence-electron chi connectivity index (χ4n) is 0.895. The van der Waals surface area contributed by atoms with Crippen molar-refractivity contribution in [2.45, 2.75) is 6.92 Å². The van der Waals surface area contributed by atoms with E-state index in [1.165, 1.54) is 12.3 Å². The van der Waals surface area contributed by atoms with E-state index in [2.05, 4.69) is 22.1 Å². The third kappa shape index (κ3) is 3.43. The molecule has 1 aromatic heterocycles. The Morgan fingerprint density at radius 3 is 3.00 bits per heavy atom. The first-order valence-corrected chi connectivity index (χ1v) is 4.89. The largest absolute Gasteiger partial charge is 0.341 e. The Labute approximate surface area is 97.8 Å². The molecule has 0 bridgehead atoms. The molecule has 3 nitrogen and oxygen atoms in total. The maximum Gasteiger partial charge on any atom is 0.253 e. The molecular formula is C10H8Cl2N2O. The van der Waals surface area contributed by atoms with Crippen LogP contribution in [0.25, 0.3) is 0 Å². The highest BCUT2D eigenvalue weighted by Gasteiger charge is 2.10. The Hall–Kier alpha value is -1.24. The van der Waals surface area contributed by atoms with E-state index in [1.807, 2.05) is 0 Å². The molecule has 0 aliphatic heterocycles. The zero-order valence-electron chi connectivity index (χ0n) is 7.97. The summed E-state index contributed by atoms with van der Waals surface area (Å²) in [5.41, 5.74) is 0.301. The summed E-state index contributed by atoms with van der Waals surface area (Å²) < 4.78 is 0. The molecule has 0 aliphatic carbocycles. The molecule has 1 heterocycles. The van der Waals surface area contributed by atoms with Crippen LogP contribution in [0.1, 0.15) is 17.3 Å². The van der Waals surface area contributed by atoms with Crippen molar-refractivity contribution in [3.8, 4) is 11.8 Å². The lowest BCUT2D eigenvalue weighted by Gasteiger charge is -2.03. The minimum absolute atomic E-state index is 0.228. The van der Waals surface area contributed by atoms with Gasteiger partial charge in [-0.05, 0) is 13.0 Å². The third-order valence-electron chi connectivity index (χ3n) is 1.58. The quantitative estimate of drug-likeness (QED) is 0.638. The van der Waals surface area contributed by atoms with Gasteiger partial charge in [-0.3, -0.25) is 4.79 Å². The normalized spacial score (nSPS) is 9.00. The van der Waals surface area contributed by atoms with Gasteiger partial charge in [0.2, 0.25) is 0 Å². The number of carbonyl (C=O) groups is 1. The molecular weight excluding hydrogens is 235 g/mol. The fraction of sp³-hybridized carbons (Fsp3) is 0.200. The number of aromatic nitrogens is 1. The Kier molecular flexibility index (Phi) is 4.41. The van der Waals surface area contributed by atoms with Crippen LogP contribution in [0.3, 0.4) is 0 Å². The summed E-state index contributed by atoms with van der Waals surface area (Å²) >= 11 is 11.4. The lowest BCUT2D eigenvalue weighted by atomic mass is 10.2. The molecule has 78 valence electrons. The summed E-state index contributed by atoms with van der Waals surface area (Å²) in [5, 5.41) is 3.08. The van der Waals surface area contributed by atoms with Crippen LogP contribution in [0.5, 0.6) is 0 Å². The van der Waals surface area contributed by atoms with Gasteiger partial charge in [0.15, 0.2) is 0 Å². The summed E-state index contributed by atoms with van der Waals surface area (Å²) in [7, 11) is 0. The van der Waals surface area contributed by atoms with Crippen molar-refractivity contribution in [1.29, 1.82) is 0 Å². The van der Waals surface area contributed by atoms with Gasteiger partial charge in [-0.1, -0.05) is 29.1 Å². The number of pyridine rings is 1. The van der Waals surface area contributed by atoms with E-state index in [0.29, 0.717) is 5.56 Å². The molecule has 0 aromatic carbocycles. The monoisotopic (exact) mass is 242 g/mol. The molecule has 1 amide bonds.